The fourth-order valence-electron chi connectivity index (χ4n) is 2.59. The van der Waals surface area contributed by atoms with Gasteiger partial charge in [-0.1, -0.05) is 0 Å². The summed E-state index contributed by atoms with van der Waals surface area (Å²) >= 11 is 0. The van der Waals surface area contributed by atoms with Crippen LogP contribution in [-0.2, 0) is 14.8 Å². The van der Waals surface area contributed by atoms with Crippen molar-refractivity contribution >= 4 is 10.0 Å². The fraction of sp³-hybridized carbons (Fsp3) is 1.00. The lowest BCUT2D eigenvalue weighted by atomic mass is 10.1. The molecule has 0 aromatic heterocycles. The minimum absolute atomic E-state index is 0.221. The van der Waals surface area contributed by atoms with E-state index in [2.05, 4.69) is 5.32 Å². The van der Waals surface area contributed by atoms with Gasteiger partial charge in [0.15, 0.2) is 0 Å². The summed E-state index contributed by atoms with van der Waals surface area (Å²) in [7, 11) is -3.18. The van der Waals surface area contributed by atoms with Crippen molar-refractivity contribution in [1.82, 2.24) is 9.62 Å². The van der Waals surface area contributed by atoms with E-state index in [0.717, 1.165) is 25.9 Å². The monoisotopic (exact) mass is 262 g/mol. The first-order valence-corrected chi connectivity index (χ1v) is 7.75. The predicted octanol–water partition coefficient (Wildman–Crippen LogP) is 0.179. The molecule has 100 valence electrons. The maximum absolute atomic E-state index is 12.6. The Hall–Kier alpha value is -0.170. The molecule has 0 aromatic carbocycles. The molecule has 0 spiro atoms. The summed E-state index contributed by atoms with van der Waals surface area (Å²) in [4.78, 5) is 0. The van der Waals surface area contributed by atoms with Crippen LogP contribution in [0.2, 0.25) is 0 Å². The lowest BCUT2D eigenvalue weighted by Crippen LogP contribution is -2.58. The highest BCUT2D eigenvalue weighted by Gasteiger charge is 2.42. The van der Waals surface area contributed by atoms with Gasteiger partial charge in [0, 0.05) is 6.54 Å². The summed E-state index contributed by atoms with van der Waals surface area (Å²) < 4.78 is 32.2. The number of nitrogens with one attached hydrogen (secondary N) is 1. The lowest BCUT2D eigenvalue weighted by molar-refractivity contribution is -0.00831. The van der Waals surface area contributed by atoms with Crippen LogP contribution in [0.15, 0.2) is 0 Å². The van der Waals surface area contributed by atoms with Crippen LogP contribution in [0.25, 0.3) is 0 Å². The molecule has 6 heteroatoms. The Bertz CT molecular complexity index is 361. The molecule has 0 unspecified atom stereocenters. The first-order valence-electron chi connectivity index (χ1n) is 6.25. The summed E-state index contributed by atoms with van der Waals surface area (Å²) in [6, 6.07) is 0. The van der Waals surface area contributed by atoms with Gasteiger partial charge in [0.05, 0.1) is 24.0 Å². The van der Waals surface area contributed by atoms with Crippen LogP contribution >= 0.6 is 0 Å². The van der Waals surface area contributed by atoms with Crippen LogP contribution in [0.1, 0.15) is 26.7 Å². The summed E-state index contributed by atoms with van der Waals surface area (Å²) in [6.07, 6.45) is 1.44. The van der Waals surface area contributed by atoms with E-state index in [-0.39, 0.29) is 5.25 Å². The molecule has 0 atom stereocenters. The molecule has 17 heavy (non-hydrogen) atoms. The molecule has 2 saturated heterocycles. The van der Waals surface area contributed by atoms with Gasteiger partial charge in [-0.15, -0.1) is 0 Å². The number of ether oxygens (including phenoxy) is 1. The smallest absolute Gasteiger partial charge is 0.217 e. The second-order valence-corrected chi connectivity index (χ2v) is 7.57. The van der Waals surface area contributed by atoms with E-state index in [1.807, 2.05) is 13.8 Å². The van der Waals surface area contributed by atoms with Crippen molar-refractivity contribution in [2.24, 2.45) is 0 Å². The Labute approximate surface area is 104 Å². The van der Waals surface area contributed by atoms with E-state index in [1.54, 1.807) is 4.31 Å². The zero-order chi connectivity index (χ0) is 12.5. The van der Waals surface area contributed by atoms with E-state index in [1.165, 1.54) is 0 Å². The molecule has 2 aliphatic rings. The highest BCUT2D eigenvalue weighted by Crippen LogP contribution is 2.27. The van der Waals surface area contributed by atoms with Crippen molar-refractivity contribution < 1.29 is 13.2 Å². The van der Waals surface area contributed by atoms with Crippen LogP contribution in [0, 0.1) is 0 Å². The Morgan fingerprint density at radius 3 is 2.53 bits per heavy atom. The third-order valence-corrected chi connectivity index (χ3v) is 6.19. The Morgan fingerprint density at radius 2 is 1.94 bits per heavy atom. The molecule has 0 radical (unpaired) electrons. The first kappa shape index (κ1) is 13.3. The number of sulfonamides is 1. The highest BCUT2D eigenvalue weighted by atomic mass is 32.2. The summed E-state index contributed by atoms with van der Waals surface area (Å²) in [5, 5.41) is 2.98. The first-order chi connectivity index (χ1) is 7.94. The van der Waals surface area contributed by atoms with Crippen molar-refractivity contribution in [1.29, 1.82) is 0 Å². The Balaban J connectivity index is 2.18. The van der Waals surface area contributed by atoms with Crippen LogP contribution < -0.4 is 5.32 Å². The molecular formula is C11H22N2O3S. The van der Waals surface area contributed by atoms with Crippen molar-refractivity contribution in [3.05, 3.63) is 0 Å². The van der Waals surface area contributed by atoms with Gasteiger partial charge in [-0.2, -0.15) is 4.31 Å². The predicted molar refractivity (Wildman–Crippen MR) is 66.4 cm³/mol. The molecule has 0 aromatic rings. The van der Waals surface area contributed by atoms with Crippen molar-refractivity contribution in [3.8, 4) is 0 Å². The Morgan fingerprint density at radius 1 is 1.29 bits per heavy atom. The van der Waals surface area contributed by atoms with E-state index < -0.39 is 15.6 Å². The minimum atomic E-state index is -3.18. The van der Waals surface area contributed by atoms with Gasteiger partial charge >= 0.3 is 0 Å². The third kappa shape index (κ3) is 2.65. The maximum Gasteiger partial charge on any atom is 0.217 e. The number of hydrogen-bond donors (Lipinski definition) is 1. The topological polar surface area (TPSA) is 58.6 Å². The molecule has 2 rings (SSSR count). The molecule has 2 heterocycles. The van der Waals surface area contributed by atoms with Gasteiger partial charge < -0.3 is 10.1 Å². The standard InChI is InChI=1S/C11H22N2O3S/c1-11(2)9-16-8-7-13(11)17(14,15)10-3-5-12-6-4-10/h10,12H,3-9H2,1-2H3. The van der Waals surface area contributed by atoms with E-state index in [0.29, 0.717) is 19.8 Å². The number of morpholine rings is 1. The maximum atomic E-state index is 12.6. The van der Waals surface area contributed by atoms with Gasteiger partial charge in [0.1, 0.15) is 0 Å². The fourth-order valence-corrected chi connectivity index (χ4v) is 4.85. The second-order valence-electron chi connectivity index (χ2n) is 5.43. The summed E-state index contributed by atoms with van der Waals surface area (Å²) in [6.45, 7) is 6.95. The minimum Gasteiger partial charge on any atom is -0.378 e. The van der Waals surface area contributed by atoms with Crippen LogP contribution in [0.3, 0.4) is 0 Å². The molecule has 2 aliphatic heterocycles. The van der Waals surface area contributed by atoms with Crippen molar-refractivity contribution in [3.63, 3.8) is 0 Å². The van der Waals surface area contributed by atoms with Crippen molar-refractivity contribution in [2.45, 2.75) is 37.5 Å². The quantitative estimate of drug-likeness (QED) is 0.771. The van der Waals surface area contributed by atoms with Gasteiger partial charge in [-0.05, 0) is 39.8 Å². The number of hydrogen-bond acceptors (Lipinski definition) is 4. The molecular weight excluding hydrogens is 240 g/mol. The van der Waals surface area contributed by atoms with Crippen LogP contribution in [0.4, 0.5) is 0 Å². The number of piperidine rings is 1. The van der Waals surface area contributed by atoms with Crippen LogP contribution in [0.5, 0.6) is 0 Å². The normalized spacial score (nSPS) is 28.1. The average Bonchev–Trinajstić information content (AvgIpc) is 2.29. The van der Waals surface area contributed by atoms with E-state index in [9.17, 15) is 8.42 Å². The largest absolute Gasteiger partial charge is 0.378 e. The van der Waals surface area contributed by atoms with Gasteiger partial charge in [0.2, 0.25) is 10.0 Å². The van der Waals surface area contributed by atoms with E-state index in [4.69, 9.17) is 4.74 Å². The van der Waals surface area contributed by atoms with Gasteiger partial charge in [-0.25, -0.2) is 8.42 Å². The second kappa shape index (κ2) is 4.84. The number of rotatable bonds is 2. The highest BCUT2D eigenvalue weighted by molar-refractivity contribution is 7.89. The Kier molecular flexibility index (Phi) is 3.77. The number of nitrogens with zero attached hydrogens (tertiary/aromatic N) is 1. The lowest BCUT2D eigenvalue weighted by Gasteiger charge is -2.43. The molecule has 2 fully saturated rings. The molecule has 0 aliphatic carbocycles. The van der Waals surface area contributed by atoms with E-state index >= 15 is 0 Å². The molecule has 0 amide bonds. The van der Waals surface area contributed by atoms with Crippen molar-refractivity contribution in [2.75, 3.05) is 32.8 Å². The summed E-state index contributed by atoms with van der Waals surface area (Å²) in [5.41, 5.74) is -0.415. The zero-order valence-corrected chi connectivity index (χ0v) is 11.4. The summed E-state index contributed by atoms with van der Waals surface area (Å²) in [5.74, 6) is 0. The van der Waals surface area contributed by atoms with Gasteiger partial charge in [-0.3, -0.25) is 0 Å². The van der Waals surface area contributed by atoms with Gasteiger partial charge in [0.25, 0.3) is 0 Å². The third-order valence-electron chi connectivity index (χ3n) is 3.58. The average molecular weight is 262 g/mol. The molecule has 1 N–H and O–H groups in total. The molecule has 5 nitrogen and oxygen atoms in total. The SMILES string of the molecule is CC1(C)COCCN1S(=O)(=O)C1CCNCC1. The van der Waals surface area contributed by atoms with Crippen LogP contribution in [-0.4, -0.2) is 56.4 Å². The molecule has 0 saturated carbocycles. The zero-order valence-electron chi connectivity index (χ0n) is 10.6. The molecule has 0 bridgehead atoms.